The van der Waals surface area contributed by atoms with Gasteiger partial charge in [0.15, 0.2) is 11.2 Å². The molecule has 128 valence electrons. The Morgan fingerprint density at radius 3 is 2.96 bits per heavy atom. The maximum atomic E-state index is 12.2. The lowest BCUT2D eigenvalue weighted by molar-refractivity contribution is -0.384. The molecule has 25 heavy (non-hydrogen) atoms. The Balaban J connectivity index is 1.87. The van der Waals surface area contributed by atoms with Crippen LogP contribution in [0, 0.1) is 10.1 Å². The third kappa shape index (κ3) is 3.17. The maximum absolute atomic E-state index is 12.2. The number of hydrogen-bond acceptors (Lipinski definition) is 7. The predicted octanol–water partition coefficient (Wildman–Crippen LogP) is 1.54. The Morgan fingerprint density at radius 2 is 2.24 bits per heavy atom. The lowest BCUT2D eigenvalue weighted by Crippen LogP contribution is -2.25. The van der Waals surface area contributed by atoms with Crippen LogP contribution in [0.25, 0.3) is 11.2 Å². The summed E-state index contributed by atoms with van der Waals surface area (Å²) >= 11 is 0. The lowest BCUT2D eigenvalue weighted by atomic mass is 10.2. The number of oxazole rings is 1. The fourth-order valence-corrected chi connectivity index (χ4v) is 2.27. The number of nitrogens with zero attached hydrogens (tertiary/aromatic N) is 3. The van der Waals surface area contributed by atoms with Gasteiger partial charge in [-0.15, -0.1) is 0 Å². The molecule has 0 unspecified atom stereocenters. The Kier molecular flexibility index (Phi) is 4.16. The van der Waals surface area contributed by atoms with Gasteiger partial charge in [0, 0.05) is 6.20 Å². The number of fused-ring (bicyclic) bond motifs is 1. The number of rotatable bonds is 5. The number of pyridine rings is 1. The standard InChI is InChI=1S/C15H12N4O6/c1-24-9-4-5-10(11(7-9)19(22)23)17-13(20)8-18-14-12(25-15(18)21)3-2-6-16-14/h2-7H,8H2,1H3,(H,17,20). The predicted molar refractivity (Wildman–Crippen MR) is 86.5 cm³/mol. The van der Waals surface area contributed by atoms with Gasteiger partial charge >= 0.3 is 5.76 Å². The van der Waals surface area contributed by atoms with Crippen molar-refractivity contribution in [3.05, 3.63) is 57.2 Å². The minimum absolute atomic E-state index is 0.00962. The SMILES string of the molecule is COc1ccc(NC(=O)Cn2c(=O)oc3cccnc32)c([N+](=O)[O-])c1. The highest BCUT2D eigenvalue weighted by Crippen LogP contribution is 2.28. The van der Waals surface area contributed by atoms with Gasteiger partial charge in [-0.1, -0.05) is 0 Å². The summed E-state index contributed by atoms with van der Waals surface area (Å²) in [6.07, 6.45) is 1.46. The van der Waals surface area contributed by atoms with Crippen LogP contribution in [0.2, 0.25) is 0 Å². The largest absolute Gasteiger partial charge is 0.496 e. The molecule has 0 aliphatic rings. The zero-order valence-electron chi connectivity index (χ0n) is 13.0. The second-order valence-corrected chi connectivity index (χ2v) is 4.97. The molecule has 0 spiro atoms. The van der Waals surface area contributed by atoms with Crippen molar-refractivity contribution >= 4 is 28.5 Å². The molecule has 0 saturated heterocycles. The number of carbonyl (C=O) groups excluding carboxylic acids is 1. The van der Waals surface area contributed by atoms with Gasteiger partial charge in [0.25, 0.3) is 5.69 Å². The molecule has 0 saturated carbocycles. The summed E-state index contributed by atoms with van der Waals surface area (Å²) in [5, 5.41) is 13.5. The minimum atomic E-state index is -0.743. The number of nitro groups is 1. The van der Waals surface area contributed by atoms with Crippen LogP contribution in [0.5, 0.6) is 5.75 Å². The molecule has 1 aromatic carbocycles. The first-order valence-corrected chi connectivity index (χ1v) is 7.06. The van der Waals surface area contributed by atoms with Crippen molar-refractivity contribution in [1.82, 2.24) is 9.55 Å². The van der Waals surface area contributed by atoms with Crippen molar-refractivity contribution in [2.24, 2.45) is 0 Å². The molecule has 0 bridgehead atoms. The van der Waals surface area contributed by atoms with Crippen LogP contribution in [0.3, 0.4) is 0 Å². The van der Waals surface area contributed by atoms with Crippen molar-refractivity contribution in [2.45, 2.75) is 6.54 Å². The first-order valence-electron chi connectivity index (χ1n) is 7.06. The van der Waals surface area contributed by atoms with Crippen LogP contribution in [0.1, 0.15) is 0 Å². The number of amides is 1. The second kappa shape index (κ2) is 6.43. The smallest absolute Gasteiger partial charge is 0.421 e. The number of methoxy groups -OCH3 is 1. The van der Waals surface area contributed by atoms with Gasteiger partial charge in [-0.2, -0.15) is 0 Å². The number of ether oxygens (including phenoxy) is 1. The van der Waals surface area contributed by atoms with Gasteiger partial charge in [0.05, 0.1) is 18.1 Å². The van der Waals surface area contributed by atoms with Crippen LogP contribution in [-0.2, 0) is 11.3 Å². The van der Waals surface area contributed by atoms with E-state index in [1.165, 1.54) is 31.5 Å². The molecule has 3 aromatic rings. The number of benzene rings is 1. The van der Waals surface area contributed by atoms with E-state index < -0.39 is 23.1 Å². The second-order valence-electron chi connectivity index (χ2n) is 4.97. The molecule has 0 aliphatic carbocycles. The highest BCUT2D eigenvalue weighted by atomic mass is 16.6. The van der Waals surface area contributed by atoms with E-state index in [4.69, 9.17) is 9.15 Å². The molecule has 0 aliphatic heterocycles. The van der Waals surface area contributed by atoms with E-state index in [-0.39, 0.29) is 28.4 Å². The number of anilines is 1. The van der Waals surface area contributed by atoms with E-state index in [9.17, 15) is 19.7 Å². The van der Waals surface area contributed by atoms with Crippen molar-refractivity contribution in [2.75, 3.05) is 12.4 Å². The van der Waals surface area contributed by atoms with Crippen LogP contribution in [-0.4, -0.2) is 27.5 Å². The van der Waals surface area contributed by atoms with E-state index in [0.717, 1.165) is 4.57 Å². The minimum Gasteiger partial charge on any atom is -0.496 e. The Morgan fingerprint density at radius 1 is 1.44 bits per heavy atom. The maximum Gasteiger partial charge on any atom is 0.421 e. The average Bonchev–Trinajstić information content (AvgIpc) is 2.90. The number of nitrogens with one attached hydrogen (secondary N) is 1. The number of aromatic nitrogens is 2. The fourth-order valence-electron chi connectivity index (χ4n) is 2.27. The van der Waals surface area contributed by atoms with E-state index in [1.54, 1.807) is 12.1 Å². The first kappa shape index (κ1) is 16.2. The van der Waals surface area contributed by atoms with E-state index in [1.807, 2.05) is 0 Å². The summed E-state index contributed by atoms with van der Waals surface area (Å²) in [6.45, 7) is -0.397. The van der Waals surface area contributed by atoms with E-state index in [0.29, 0.717) is 0 Å². The molecule has 1 amide bonds. The summed E-state index contributed by atoms with van der Waals surface area (Å²) in [4.78, 5) is 38.5. The summed E-state index contributed by atoms with van der Waals surface area (Å²) in [5.41, 5.74) is 0.127. The van der Waals surface area contributed by atoms with E-state index in [2.05, 4.69) is 10.3 Å². The molecule has 10 nitrogen and oxygen atoms in total. The van der Waals surface area contributed by atoms with Crippen LogP contribution >= 0.6 is 0 Å². The summed E-state index contributed by atoms with van der Waals surface area (Å²) < 4.78 is 11.0. The molecule has 1 N–H and O–H groups in total. The quantitative estimate of drug-likeness (QED) is 0.549. The molecule has 10 heteroatoms. The van der Waals surface area contributed by atoms with Gasteiger partial charge in [-0.3, -0.25) is 14.9 Å². The van der Waals surface area contributed by atoms with Crippen molar-refractivity contribution in [3.8, 4) is 5.75 Å². The third-order valence-corrected chi connectivity index (χ3v) is 3.40. The van der Waals surface area contributed by atoms with Gasteiger partial charge in [-0.25, -0.2) is 14.3 Å². The van der Waals surface area contributed by atoms with Gasteiger partial charge in [-0.05, 0) is 24.3 Å². The number of hydrogen-bond donors (Lipinski definition) is 1. The topological polar surface area (TPSA) is 130 Å². The van der Waals surface area contributed by atoms with E-state index >= 15 is 0 Å². The molecule has 0 radical (unpaired) electrons. The average molecular weight is 344 g/mol. The molecule has 0 atom stereocenters. The molecular formula is C15H12N4O6. The van der Waals surface area contributed by atoms with Gasteiger partial charge in [0.1, 0.15) is 18.0 Å². The van der Waals surface area contributed by atoms with Crippen LogP contribution in [0.4, 0.5) is 11.4 Å². The van der Waals surface area contributed by atoms with Crippen molar-refractivity contribution in [1.29, 1.82) is 0 Å². The first-order chi connectivity index (χ1) is 12.0. The van der Waals surface area contributed by atoms with Crippen LogP contribution < -0.4 is 15.8 Å². The fraction of sp³-hybridized carbons (Fsp3) is 0.133. The number of carbonyl (C=O) groups is 1. The third-order valence-electron chi connectivity index (χ3n) is 3.40. The summed E-state index contributed by atoms with van der Waals surface area (Å²) in [7, 11) is 1.38. The summed E-state index contributed by atoms with van der Waals surface area (Å²) in [5.74, 6) is -1.09. The van der Waals surface area contributed by atoms with Gasteiger partial charge in [0.2, 0.25) is 5.91 Å². The molecule has 0 fully saturated rings. The highest BCUT2D eigenvalue weighted by molar-refractivity contribution is 5.93. The van der Waals surface area contributed by atoms with Gasteiger partial charge < -0.3 is 14.5 Å². The zero-order valence-corrected chi connectivity index (χ0v) is 13.0. The Hall–Kier alpha value is -3.69. The highest BCUT2D eigenvalue weighted by Gasteiger charge is 2.19. The van der Waals surface area contributed by atoms with Crippen molar-refractivity contribution in [3.63, 3.8) is 0 Å². The Labute approximate surface area is 139 Å². The molecular weight excluding hydrogens is 332 g/mol. The molecule has 2 heterocycles. The molecule has 2 aromatic heterocycles. The number of nitro benzene ring substituents is 1. The zero-order chi connectivity index (χ0) is 18.0. The lowest BCUT2D eigenvalue weighted by Gasteiger charge is -2.07. The Bertz CT molecular complexity index is 1020. The molecule has 3 rings (SSSR count). The van der Waals surface area contributed by atoms with Crippen molar-refractivity contribution < 1.29 is 18.9 Å². The monoisotopic (exact) mass is 344 g/mol. The van der Waals surface area contributed by atoms with Crippen LogP contribution in [0.15, 0.2) is 45.7 Å². The summed E-state index contributed by atoms with van der Waals surface area (Å²) in [6, 6.07) is 7.16. The normalized spacial score (nSPS) is 10.6.